The van der Waals surface area contributed by atoms with Gasteiger partial charge in [0, 0.05) is 17.8 Å². The Balaban J connectivity index is 1.54. The van der Waals surface area contributed by atoms with Gasteiger partial charge in [-0.2, -0.15) is 0 Å². The van der Waals surface area contributed by atoms with Crippen molar-refractivity contribution in [3.63, 3.8) is 0 Å². The molecule has 32 heavy (non-hydrogen) atoms. The highest BCUT2D eigenvalue weighted by molar-refractivity contribution is 7.80. The number of aryl methyl sites for hydroxylation is 1. The van der Waals surface area contributed by atoms with Crippen LogP contribution < -0.4 is 5.32 Å². The summed E-state index contributed by atoms with van der Waals surface area (Å²) in [5.74, 6) is 0.616. The van der Waals surface area contributed by atoms with E-state index in [-0.39, 0.29) is 17.6 Å². The molecule has 1 saturated heterocycles. The summed E-state index contributed by atoms with van der Waals surface area (Å²) in [5, 5.41) is 13.5. The zero-order chi connectivity index (χ0) is 22.2. The Kier molecular flexibility index (Phi) is 5.43. The minimum Gasteiger partial charge on any atom is -0.478 e. The maximum atomic E-state index is 11.3. The Bertz CT molecular complexity index is 1150. The summed E-state index contributed by atoms with van der Waals surface area (Å²) in [6, 6.07) is 15.2. The predicted molar refractivity (Wildman–Crippen MR) is 125 cm³/mol. The minimum atomic E-state index is -0.935. The van der Waals surface area contributed by atoms with E-state index >= 15 is 0 Å². The number of aromatic carboxylic acids is 1. The summed E-state index contributed by atoms with van der Waals surface area (Å²) >= 11 is 5.78. The molecule has 1 aliphatic carbocycles. The van der Waals surface area contributed by atoms with Gasteiger partial charge in [-0.05, 0) is 73.9 Å². The van der Waals surface area contributed by atoms with Crippen molar-refractivity contribution >= 4 is 23.3 Å². The first-order valence-corrected chi connectivity index (χ1v) is 11.4. The number of nitrogens with one attached hydrogen (secondary N) is 1. The largest absolute Gasteiger partial charge is 0.478 e. The van der Waals surface area contributed by atoms with Crippen molar-refractivity contribution in [2.24, 2.45) is 0 Å². The number of hydrogen-bond acceptors (Lipinski definition) is 4. The van der Waals surface area contributed by atoms with E-state index in [1.165, 1.54) is 12.8 Å². The van der Waals surface area contributed by atoms with Gasteiger partial charge in [-0.15, -0.1) is 0 Å². The van der Waals surface area contributed by atoms with Crippen LogP contribution in [0.25, 0.3) is 11.3 Å². The Morgan fingerprint density at radius 3 is 2.69 bits per heavy atom. The third kappa shape index (κ3) is 3.66. The molecule has 7 heteroatoms. The summed E-state index contributed by atoms with van der Waals surface area (Å²) in [7, 11) is 0. The van der Waals surface area contributed by atoms with E-state index < -0.39 is 5.97 Å². The van der Waals surface area contributed by atoms with Crippen molar-refractivity contribution in [2.75, 3.05) is 0 Å². The maximum absolute atomic E-state index is 11.3. The molecule has 1 aromatic carbocycles. The Morgan fingerprint density at radius 2 is 2.00 bits per heavy atom. The van der Waals surface area contributed by atoms with Crippen molar-refractivity contribution in [1.29, 1.82) is 0 Å². The number of carboxylic acids is 1. The van der Waals surface area contributed by atoms with Gasteiger partial charge in [0.2, 0.25) is 0 Å². The second kappa shape index (κ2) is 8.39. The van der Waals surface area contributed by atoms with Crippen molar-refractivity contribution in [3.05, 3.63) is 77.3 Å². The molecular weight excluding hydrogens is 422 g/mol. The molecule has 0 radical (unpaired) electrons. The molecule has 3 heterocycles. The highest BCUT2D eigenvalue weighted by atomic mass is 32.1. The maximum Gasteiger partial charge on any atom is 0.335 e. The Labute approximate surface area is 192 Å². The molecule has 164 valence electrons. The predicted octanol–water partition coefficient (Wildman–Crippen LogP) is 5.26. The average Bonchev–Trinajstić information content (AvgIpc) is 3.53. The summed E-state index contributed by atoms with van der Waals surface area (Å²) in [4.78, 5) is 18.2. The molecule has 2 aromatic heterocycles. The molecule has 0 spiro atoms. The number of aromatic nitrogens is 1. The molecule has 3 aromatic rings. The fourth-order valence-corrected chi connectivity index (χ4v) is 5.37. The normalized spacial score (nSPS) is 21.2. The third-order valence-electron chi connectivity index (χ3n) is 6.51. The Morgan fingerprint density at radius 1 is 1.19 bits per heavy atom. The topological polar surface area (TPSA) is 78.6 Å². The molecule has 2 fully saturated rings. The van der Waals surface area contributed by atoms with Crippen LogP contribution in [0.1, 0.15) is 65.1 Å². The number of thiocarbonyl (C=S) groups is 1. The second-order valence-electron chi connectivity index (χ2n) is 8.51. The number of furan rings is 1. The number of carbonyl (C=O) groups is 1. The first-order valence-electron chi connectivity index (χ1n) is 11.0. The number of carboxylic acid groups (broad SMARTS) is 1. The smallest absolute Gasteiger partial charge is 0.335 e. The molecule has 1 aliphatic heterocycles. The van der Waals surface area contributed by atoms with Gasteiger partial charge in [-0.1, -0.05) is 25.0 Å². The standard InChI is InChI=1S/C25H25N3O3S/c1-15-14-16(24(29)30)9-10-18(15)20-11-12-21(31-20)23-22(19-8-4-5-13-26-19)27-25(32)28(23)17-6-2-3-7-17/h4-5,8-14,17,22-23H,2-3,6-7H2,1H3,(H,27,32)(H,29,30)/t22-,23-/m1/s1. The lowest BCUT2D eigenvalue weighted by molar-refractivity contribution is 0.0697. The first kappa shape index (κ1) is 20.7. The van der Waals surface area contributed by atoms with Gasteiger partial charge in [0.05, 0.1) is 17.3 Å². The summed E-state index contributed by atoms with van der Waals surface area (Å²) in [5.41, 5.74) is 2.95. The van der Waals surface area contributed by atoms with Crippen molar-refractivity contribution in [3.8, 4) is 11.3 Å². The highest BCUT2D eigenvalue weighted by Crippen LogP contribution is 2.44. The van der Waals surface area contributed by atoms with E-state index in [9.17, 15) is 9.90 Å². The SMILES string of the molecule is Cc1cc(C(=O)O)ccc1-c1ccc([C@@H]2[C@@H](c3ccccn3)NC(=S)N2C2CCCC2)o1. The monoisotopic (exact) mass is 447 g/mol. The van der Waals surface area contributed by atoms with Crippen LogP contribution in [-0.4, -0.2) is 32.1 Å². The lowest BCUT2D eigenvalue weighted by Crippen LogP contribution is -2.37. The Hall–Kier alpha value is -3.19. The minimum absolute atomic E-state index is 0.0900. The summed E-state index contributed by atoms with van der Waals surface area (Å²) in [6.07, 6.45) is 6.47. The van der Waals surface area contributed by atoms with Crippen molar-refractivity contribution in [2.45, 2.75) is 50.7 Å². The van der Waals surface area contributed by atoms with E-state index in [2.05, 4.69) is 15.2 Å². The van der Waals surface area contributed by atoms with Crippen LogP contribution in [0.4, 0.5) is 0 Å². The molecule has 1 saturated carbocycles. The van der Waals surface area contributed by atoms with Crippen LogP contribution in [0, 0.1) is 6.92 Å². The van der Waals surface area contributed by atoms with Gasteiger partial charge >= 0.3 is 5.97 Å². The highest BCUT2D eigenvalue weighted by Gasteiger charge is 2.45. The average molecular weight is 448 g/mol. The molecule has 0 amide bonds. The van der Waals surface area contributed by atoms with Crippen LogP contribution in [0.15, 0.2) is 59.1 Å². The molecule has 2 atom stereocenters. The summed E-state index contributed by atoms with van der Waals surface area (Å²) in [6.45, 7) is 1.90. The number of hydrogen-bond donors (Lipinski definition) is 2. The molecular formula is C25H25N3O3S. The van der Waals surface area contributed by atoms with Crippen molar-refractivity contribution in [1.82, 2.24) is 15.2 Å². The quantitative estimate of drug-likeness (QED) is 0.516. The van der Waals surface area contributed by atoms with Gasteiger partial charge in [-0.25, -0.2) is 4.79 Å². The molecule has 6 nitrogen and oxygen atoms in total. The molecule has 2 aliphatic rings. The van der Waals surface area contributed by atoms with Gasteiger partial charge < -0.3 is 19.7 Å². The van der Waals surface area contributed by atoms with Crippen LogP contribution in [0.5, 0.6) is 0 Å². The zero-order valence-corrected chi connectivity index (χ0v) is 18.6. The second-order valence-corrected chi connectivity index (χ2v) is 8.90. The van der Waals surface area contributed by atoms with Gasteiger partial charge in [0.15, 0.2) is 5.11 Å². The van der Waals surface area contributed by atoms with Crippen LogP contribution in [0.2, 0.25) is 0 Å². The van der Waals surface area contributed by atoms with Crippen LogP contribution >= 0.6 is 12.2 Å². The molecule has 2 N–H and O–H groups in total. The van der Waals surface area contributed by atoms with E-state index in [4.69, 9.17) is 16.6 Å². The number of benzene rings is 1. The zero-order valence-electron chi connectivity index (χ0n) is 17.8. The van der Waals surface area contributed by atoms with Gasteiger partial charge in [0.1, 0.15) is 17.6 Å². The van der Waals surface area contributed by atoms with Crippen LogP contribution in [-0.2, 0) is 0 Å². The van der Waals surface area contributed by atoms with E-state index in [0.717, 1.165) is 46.3 Å². The third-order valence-corrected chi connectivity index (χ3v) is 6.84. The molecule has 0 unspecified atom stereocenters. The number of pyridine rings is 1. The fraction of sp³-hybridized carbons (Fsp3) is 0.320. The fourth-order valence-electron chi connectivity index (χ4n) is 4.98. The number of rotatable bonds is 5. The van der Waals surface area contributed by atoms with Crippen molar-refractivity contribution < 1.29 is 14.3 Å². The van der Waals surface area contributed by atoms with E-state index in [1.54, 1.807) is 18.3 Å². The lowest BCUT2D eigenvalue weighted by atomic mass is 10.0. The molecule has 5 rings (SSSR count). The molecule has 0 bridgehead atoms. The van der Waals surface area contributed by atoms with E-state index in [1.807, 2.05) is 43.3 Å². The summed E-state index contributed by atoms with van der Waals surface area (Å²) < 4.78 is 6.41. The van der Waals surface area contributed by atoms with Gasteiger partial charge in [-0.3, -0.25) is 4.98 Å². The van der Waals surface area contributed by atoms with E-state index in [0.29, 0.717) is 6.04 Å². The first-order chi connectivity index (χ1) is 15.5. The van der Waals surface area contributed by atoms with Gasteiger partial charge in [0.25, 0.3) is 0 Å². The number of nitrogens with zero attached hydrogens (tertiary/aromatic N) is 2. The lowest BCUT2D eigenvalue weighted by Gasteiger charge is -2.31. The van der Waals surface area contributed by atoms with Crippen LogP contribution in [0.3, 0.4) is 0 Å².